The van der Waals surface area contributed by atoms with Crippen molar-refractivity contribution >= 4 is 17.5 Å². The lowest BCUT2D eigenvalue weighted by molar-refractivity contribution is -0.138. The first kappa shape index (κ1) is 26.9. The van der Waals surface area contributed by atoms with E-state index in [0.29, 0.717) is 41.3 Å². The van der Waals surface area contributed by atoms with Crippen molar-refractivity contribution < 1.29 is 23.5 Å². The Bertz CT molecular complexity index is 1900. The normalized spacial score (nSPS) is 19.4. The number of carboxylic acid groups (broad SMARTS) is 1. The third-order valence-electron chi connectivity index (χ3n) is 8.58. The van der Waals surface area contributed by atoms with Gasteiger partial charge in [0, 0.05) is 24.4 Å². The Morgan fingerprint density at radius 3 is 2.67 bits per heavy atom. The number of halogens is 2. The molecule has 0 spiro atoms. The molecule has 9 nitrogen and oxygen atoms in total. The minimum absolute atomic E-state index is 0.0120. The molecule has 5 aromatic rings. The number of fused-ring (bicyclic) bond motifs is 2. The molecule has 0 saturated heterocycles. The average Bonchev–Trinajstić information content (AvgIpc) is 3.50. The topological polar surface area (TPSA) is 106 Å². The summed E-state index contributed by atoms with van der Waals surface area (Å²) in [5.74, 6) is -2.36. The monoisotopic (exact) mass is 582 g/mol. The maximum atomic E-state index is 15.4. The molecule has 4 heterocycles. The van der Waals surface area contributed by atoms with Gasteiger partial charge < -0.3 is 10.0 Å². The van der Waals surface area contributed by atoms with Crippen LogP contribution in [0.1, 0.15) is 52.5 Å². The van der Waals surface area contributed by atoms with Crippen LogP contribution in [-0.4, -0.2) is 59.5 Å². The lowest BCUT2D eigenvalue weighted by atomic mass is 9.93. The molecule has 3 aromatic heterocycles. The molecule has 43 heavy (non-hydrogen) atoms. The molecule has 1 amide bonds. The van der Waals surface area contributed by atoms with Gasteiger partial charge >= 0.3 is 5.97 Å². The zero-order chi connectivity index (χ0) is 29.8. The number of carbonyl (C=O) groups is 2. The predicted octanol–water partition coefficient (Wildman–Crippen LogP) is 5.32. The smallest absolute Gasteiger partial charge is 0.307 e. The Kier molecular flexibility index (Phi) is 6.52. The van der Waals surface area contributed by atoms with Crippen molar-refractivity contribution in [3.63, 3.8) is 0 Å². The van der Waals surface area contributed by atoms with Gasteiger partial charge in [0.1, 0.15) is 18.2 Å². The van der Waals surface area contributed by atoms with E-state index < -0.39 is 24.4 Å². The summed E-state index contributed by atoms with van der Waals surface area (Å²) >= 11 is 0. The lowest BCUT2D eigenvalue weighted by Crippen LogP contribution is -2.39. The molecule has 2 aromatic carbocycles. The van der Waals surface area contributed by atoms with E-state index in [1.54, 1.807) is 41.4 Å². The number of hydrogen-bond donors (Lipinski definition) is 1. The molecule has 3 atom stereocenters. The van der Waals surface area contributed by atoms with Gasteiger partial charge in [0.25, 0.3) is 5.91 Å². The molecular weight excluding hydrogens is 554 g/mol. The van der Waals surface area contributed by atoms with E-state index in [2.05, 4.69) is 21.2 Å². The fourth-order valence-electron chi connectivity index (χ4n) is 6.21. The van der Waals surface area contributed by atoms with Crippen LogP contribution in [0.2, 0.25) is 0 Å². The number of nitrogens with zero attached hydrogens (tertiary/aromatic N) is 6. The maximum Gasteiger partial charge on any atom is 0.307 e. The molecule has 0 bridgehead atoms. The van der Waals surface area contributed by atoms with Crippen molar-refractivity contribution in [3.8, 4) is 22.6 Å². The highest BCUT2D eigenvalue weighted by Gasteiger charge is 2.44. The van der Waals surface area contributed by atoms with E-state index in [1.165, 1.54) is 20.8 Å². The second-order valence-corrected chi connectivity index (χ2v) is 11.1. The Hall–Kier alpha value is -4.93. The van der Waals surface area contributed by atoms with Crippen molar-refractivity contribution in [2.45, 2.75) is 38.3 Å². The molecule has 0 radical (unpaired) electrons. The van der Waals surface area contributed by atoms with E-state index in [0.717, 1.165) is 12.0 Å². The van der Waals surface area contributed by atoms with Gasteiger partial charge in [-0.05, 0) is 66.6 Å². The molecule has 1 aliphatic heterocycles. The molecule has 1 saturated carbocycles. The molecule has 218 valence electrons. The number of alkyl halides is 1. The molecule has 0 unspecified atom stereocenters. The van der Waals surface area contributed by atoms with Crippen LogP contribution < -0.4 is 0 Å². The first-order valence-corrected chi connectivity index (χ1v) is 14.2. The minimum Gasteiger partial charge on any atom is -0.481 e. The molecule has 1 N–H and O–H groups in total. The van der Waals surface area contributed by atoms with Crippen LogP contribution in [-0.2, 0) is 17.8 Å². The number of hydrogen-bond acceptors (Lipinski definition) is 5. The number of carboxylic acids is 1. The van der Waals surface area contributed by atoms with Gasteiger partial charge in [-0.3, -0.25) is 14.3 Å². The quantitative estimate of drug-likeness (QED) is 0.279. The number of amides is 1. The van der Waals surface area contributed by atoms with Crippen LogP contribution in [0.15, 0.2) is 66.9 Å². The molecule has 2 aliphatic rings. The van der Waals surface area contributed by atoms with Crippen LogP contribution >= 0.6 is 0 Å². The largest absolute Gasteiger partial charge is 0.481 e. The van der Waals surface area contributed by atoms with E-state index in [1.807, 2.05) is 25.1 Å². The lowest BCUT2D eigenvalue weighted by Gasteiger charge is -2.35. The van der Waals surface area contributed by atoms with Crippen molar-refractivity contribution in [2.75, 3.05) is 13.2 Å². The van der Waals surface area contributed by atoms with Crippen LogP contribution in [0.5, 0.6) is 0 Å². The van der Waals surface area contributed by atoms with E-state index in [-0.39, 0.29) is 35.7 Å². The predicted molar refractivity (Wildman–Crippen MR) is 154 cm³/mol. The minimum atomic E-state index is -0.881. The zero-order valence-electron chi connectivity index (χ0n) is 23.3. The summed E-state index contributed by atoms with van der Waals surface area (Å²) in [4.78, 5) is 31.7. The van der Waals surface area contributed by atoms with E-state index in [9.17, 15) is 19.1 Å². The summed E-state index contributed by atoms with van der Waals surface area (Å²) in [6, 6.07) is 17.6. The number of aryl methyl sites for hydroxylation is 1. The Morgan fingerprint density at radius 1 is 1.07 bits per heavy atom. The highest BCUT2D eigenvalue weighted by Crippen LogP contribution is 2.48. The number of aliphatic carboxylic acids is 1. The molecule has 1 aliphatic carbocycles. The maximum absolute atomic E-state index is 15.4. The van der Waals surface area contributed by atoms with E-state index in [4.69, 9.17) is 0 Å². The second kappa shape index (κ2) is 10.4. The summed E-state index contributed by atoms with van der Waals surface area (Å²) in [7, 11) is 0. The first-order chi connectivity index (χ1) is 20.8. The molecule has 1 fully saturated rings. The summed E-state index contributed by atoms with van der Waals surface area (Å²) in [6.07, 6.45) is 2.76. The Balaban J connectivity index is 1.31. The van der Waals surface area contributed by atoms with Gasteiger partial charge in [-0.25, -0.2) is 18.3 Å². The van der Waals surface area contributed by atoms with Gasteiger partial charge in [-0.2, -0.15) is 10.2 Å². The molecular formula is C32H28F2N6O3. The van der Waals surface area contributed by atoms with Gasteiger partial charge in [-0.1, -0.05) is 30.3 Å². The van der Waals surface area contributed by atoms with Crippen LogP contribution in [0.4, 0.5) is 8.78 Å². The average molecular weight is 583 g/mol. The van der Waals surface area contributed by atoms with E-state index >= 15 is 4.39 Å². The van der Waals surface area contributed by atoms with Gasteiger partial charge in [0.15, 0.2) is 5.65 Å². The van der Waals surface area contributed by atoms with Crippen molar-refractivity contribution in [3.05, 3.63) is 95.1 Å². The number of benzene rings is 2. The SMILES string of the molecule is C[C@@H]1c2ccccc2CCN1C(=O)c1cc(-c2ccnn2CCF)n2nc(-c3ccc([C@H]4C[C@@H]4C(=O)O)cc3F)cc2n1. The highest BCUT2D eigenvalue weighted by atomic mass is 19.1. The second-order valence-electron chi connectivity index (χ2n) is 11.1. The summed E-state index contributed by atoms with van der Waals surface area (Å²) in [5, 5.41) is 18.2. The van der Waals surface area contributed by atoms with Crippen molar-refractivity contribution in [1.82, 2.24) is 29.3 Å². The number of aromatic nitrogens is 5. The highest BCUT2D eigenvalue weighted by molar-refractivity contribution is 5.94. The van der Waals surface area contributed by atoms with Gasteiger partial charge in [-0.15, -0.1) is 0 Å². The Morgan fingerprint density at radius 2 is 1.91 bits per heavy atom. The number of carbonyl (C=O) groups excluding carboxylic acids is 1. The number of rotatable bonds is 7. The summed E-state index contributed by atoms with van der Waals surface area (Å²) in [5.41, 5.74) is 4.98. The standard InChI is InChI=1S/C32H28F2N6O3/c1-18-21-5-3-2-4-19(21)9-12-38(18)31(41)27-16-29(28-8-11-35-39(28)13-10-33)40-30(36-27)17-26(37-40)22-7-6-20(14-25(22)34)23-15-24(23)32(42)43/h2-8,11,14,16-18,23-24H,9-10,12-13,15H2,1H3,(H,42,43)/t18-,23-,24+/m1/s1. The van der Waals surface area contributed by atoms with Crippen LogP contribution in [0, 0.1) is 11.7 Å². The van der Waals surface area contributed by atoms with Crippen molar-refractivity contribution in [2.24, 2.45) is 5.92 Å². The van der Waals surface area contributed by atoms with Crippen LogP contribution in [0.3, 0.4) is 0 Å². The third-order valence-corrected chi connectivity index (χ3v) is 8.58. The third kappa shape index (κ3) is 4.65. The summed E-state index contributed by atoms with van der Waals surface area (Å²) < 4.78 is 31.8. The Labute approximate surface area is 245 Å². The van der Waals surface area contributed by atoms with Gasteiger partial charge in [0.05, 0.1) is 35.6 Å². The fraction of sp³-hybridized carbons (Fsp3) is 0.281. The van der Waals surface area contributed by atoms with Crippen molar-refractivity contribution in [1.29, 1.82) is 0 Å². The zero-order valence-corrected chi connectivity index (χ0v) is 23.3. The molecule has 7 rings (SSSR count). The fourth-order valence-corrected chi connectivity index (χ4v) is 6.21. The van der Waals surface area contributed by atoms with Gasteiger partial charge in [0.2, 0.25) is 0 Å². The summed E-state index contributed by atoms with van der Waals surface area (Å²) in [6.45, 7) is 1.91. The molecule has 11 heteroatoms. The van der Waals surface area contributed by atoms with Crippen LogP contribution in [0.25, 0.3) is 28.3 Å². The first-order valence-electron chi connectivity index (χ1n) is 14.2.